The van der Waals surface area contributed by atoms with E-state index < -0.39 is 0 Å². The number of fused-ring (bicyclic) bond motifs is 1. The summed E-state index contributed by atoms with van der Waals surface area (Å²) in [6, 6.07) is 5.39. The van der Waals surface area contributed by atoms with E-state index in [0.717, 1.165) is 16.4 Å². The molecule has 0 radical (unpaired) electrons. The predicted octanol–water partition coefficient (Wildman–Crippen LogP) is 4.02. The Bertz CT molecular complexity index is 476. The highest BCUT2D eigenvalue weighted by molar-refractivity contribution is 7.21. The molecule has 1 aromatic carbocycles. The summed E-state index contributed by atoms with van der Waals surface area (Å²) in [5, 5.41) is 2.06. The first-order valence-corrected chi connectivity index (χ1v) is 5.12. The minimum atomic E-state index is 0.520. The number of halogens is 2. The van der Waals surface area contributed by atoms with E-state index in [4.69, 9.17) is 23.2 Å². The van der Waals surface area contributed by atoms with Gasteiger partial charge in [-0.25, -0.2) is 0 Å². The van der Waals surface area contributed by atoms with E-state index in [9.17, 15) is 4.79 Å². The fourth-order valence-corrected chi connectivity index (χ4v) is 2.70. The highest BCUT2D eigenvalue weighted by atomic mass is 35.5. The lowest BCUT2D eigenvalue weighted by atomic mass is 10.2. The van der Waals surface area contributed by atoms with E-state index in [1.165, 1.54) is 11.3 Å². The monoisotopic (exact) mass is 230 g/mol. The lowest BCUT2D eigenvalue weighted by Crippen LogP contribution is -1.69. The van der Waals surface area contributed by atoms with Crippen LogP contribution in [0.1, 0.15) is 9.67 Å². The van der Waals surface area contributed by atoms with Gasteiger partial charge in [-0.1, -0.05) is 29.3 Å². The van der Waals surface area contributed by atoms with Gasteiger partial charge in [-0.3, -0.25) is 4.79 Å². The second-order valence-electron chi connectivity index (χ2n) is 2.54. The molecule has 0 amide bonds. The Hall–Kier alpha value is -0.570. The van der Waals surface area contributed by atoms with Crippen LogP contribution in [0.15, 0.2) is 18.2 Å². The molecule has 0 unspecified atom stereocenters. The van der Waals surface area contributed by atoms with E-state index in [0.29, 0.717) is 14.9 Å². The zero-order valence-corrected chi connectivity index (χ0v) is 8.71. The molecule has 0 bridgehead atoms. The van der Waals surface area contributed by atoms with E-state index in [1.54, 1.807) is 12.1 Å². The molecule has 0 atom stereocenters. The minimum Gasteiger partial charge on any atom is -0.297 e. The average molecular weight is 231 g/mol. The first-order valence-electron chi connectivity index (χ1n) is 3.55. The summed E-state index contributed by atoms with van der Waals surface area (Å²) in [6.45, 7) is 0. The van der Waals surface area contributed by atoms with Crippen molar-refractivity contribution < 1.29 is 4.79 Å². The molecule has 0 aliphatic rings. The van der Waals surface area contributed by atoms with Crippen LogP contribution in [0.5, 0.6) is 0 Å². The van der Waals surface area contributed by atoms with Crippen LogP contribution in [0.2, 0.25) is 10.0 Å². The molecule has 0 saturated heterocycles. The van der Waals surface area contributed by atoms with Gasteiger partial charge in [-0.05, 0) is 12.1 Å². The fraction of sp³-hybridized carbons (Fsp3) is 0. The summed E-state index contributed by atoms with van der Waals surface area (Å²) < 4.78 is 0.944. The van der Waals surface area contributed by atoms with Crippen LogP contribution in [0.25, 0.3) is 10.1 Å². The molecular formula is C9H4Cl2OS. The van der Waals surface area contributed by atoms with Gasteiger partial charge in [0.15, 0.2) is 6.29 Å². The van der Waals surface area contributed by atoms with Crippen LogP contribution in [0, 0.1) is 0 Å². The van der Waals surface area contributed by atoms with Crippen molar-refractivity contribution in [2.75, 3.05) is 0 Å². The molecule has 2 rings (SSSR count). The predicted molar refractivity (Wildman–Crippen MR) is 57.2 cm³/mol. The molecule has 0 fully saturated rings. The summed E-state index contributed by atoms with van der Waals surface area (Å²) in [7, 11) is 0. The van der Waals surface area contributed by atoms with Gasteiger partial charge in [0.25, 0.3) is 0 Å². The Morgan fingerprint density at radius 3 is 2.77 bits per heavy atom. The quantitative estimate of drug-likeness (QED) is 0.677. The third kappa shape index (κ3) is 1.46. The molecule has 1 heterocycles. The second kappa shape index (κ2) is 3.29. The van der Waals surface area contributed by atoms with Crippen molar-refractivity contribution in [2.45, 2.75) is 0 Å². The molecule has 0 spiro atoms. The van der Waals surface area contributed by atoms with E-state index in [-0.39, 0.29) is 0 Å². The van der Waals surface area contributed by atoms with Crippen molar-refractivity contribution in [2.24, 2.45) is 0 Å². The van der Waals surface area contributed by atoms with Gasteiger partial charge in [0, 0.05) is 15.1 Å². The van der Waals surface area contributed by atoms with Gasteiger partial charge in [0.2, 0.25) is 0 Å². The zero-order valence-electron chi connectivity index (χ0n) is 6.38. The topological polar surface area (TPSA) is 17.1 Å². The molecule has 13 heavy (non-hydrogen) atoms. The Morgan fingerprint density at radius 2 is 2.08 bits per heavy atom. The molecule has 66 valence electrons. The number of thiophene rings is 1. The highest BCUT2D eigenvalue weighted by Crippen LogP contribution is 2.35. The molecule has 0 aliphatic carbocycles. The zero-order chi connectivity index (χ0) is 9.42. The Morgan fingerprint density at radius 1 is 1.31 bits per heavy atom. The first-order chi connectivity index (χ1) is 6.22. The number of benzene rings is 1. The summed E-state index contributed by atoms with van der Waals surface area (Å²) in [5.74, 6) is 0. The van der Waals surface area contributed by atoms with Gasteiger partial charge in [0.1, 0.15) is 0 Å². The highest BCUT2D eigenvalue weighted by Gasteiger charge is 2.08. The van der Waals surface area contributed by atoms with E-state index >= 15 is 0 Å². The van der Waals surface area contributed by atoms with Gasteiger partial charge in [-0.2, -0.15) is 0 Å². The molecular weight excluding hydrogens is 227 g/mol. The summed E-state index contributed by atoms with van der Waals surface area (Å²) in [4.78, 5) is 11.1. The van der Waals surface area contributed by atoms with Gasteiger partial charge < -0.3 is 0 Å². The SMILES string of the molecule is O=Cc1sc2cc(Cl)ccc2c1Cl. The molecule has 2 aromatic rings. The maximum absolute atomic E-state index is 10.6. The summed E-state index contributed by atoms with van der Waals surface area (Å²) >= 11 is 13.1. The van der Waals surface area contributed by atoms with Crippen LogP contribution in [0.4, 0.5) is 0 Å². The standard InChI is InChI=1S/C9H4Cl2OS/c10-5-1-2-6-7(3-5)13-8(4-12)9(6)11/h1-4H. The fourth-order valence-electron chi connectivity index (χ4n) is 1.13. The lowest BCUT2D eigenvalue weighted by Gasteiger charge is -1.90. The van der Waals surface area contributed by atoms with Crippen molar-refractivity contribution in [1.82, 2.24) is 0 Å². The van der Waals surface area contributed by atoms with E-state index in [2.05, 4.69) is 0 Å². The van der Waals surface area contributed by atoms with Gasteiger partial charge in [0.05, 0.1) is 9.90 Å². The lowest BCUT2D eigenvalue weighted by molar-refractivity contribution is 0.112. The Balaban J connectivity index is 2.83. The van der Waals surface area contributed by atoms with Crippen LogP contribution in [-0.2, 0) is 0 Å². The number of rotatable bonds is 1. The van der Waals surface area contributed by atoms with Crippen molar-refractivity contribution in [1.29, 1.82) is 0 Å². The number of hydrogen-bond acceptors (Lipinski definition) is 2. The second-order valence-corrected chi connectivity index (χ2v) is 4.44. The summed E-state index contributed by atoms with van der Waals surface area (Å²) in [5.41, 5.74) is 0. The smallest absolute Gasteiger partial charge is 0.161 e. The summed E-state index contributed by atoms with van der Waals surface area (Å²) in [6.07, 6.45) is 0.765. The first kappa shape index (κ1) is 9.00. The third-order valence-electron chi connectivity index (χ3n) is 1.72. The molecule has 0 saturated carbocycles. The van der Waals surface area contributed by atoms with Crippen LogP contribution in [-0.4, -0.2) is 6.29 Å². The van der Waals surface area contributed by atoms with Crippen molar-refractivity contribution in [3.63, 3.8) is 0 Å². The largest absolute Gasteiger partial charge is 0.297 e. The maximum atomic E-state index is 10.6. The Labute approximate surface area is 88.9 Å². The van der Waals surface area contributed by atoms with Gasteiger partial charge in [-0.15, -0.1) is 11.3 Å². The molecule has 0 N–H and O–H groups in total. The van der Waals surface area contributed by atoms with Crippen LogP contribution >= 0.6 is 34.5 Å². The molecule has 1 nitrogen and oxygen atoms in total. The van der Waals surface area contributed by atoms with E-state index in [1.807, 2.05) is 6.07 Å². The van der Waals surface area contributed by atoms with Crippen LogP contribution < -0.4 is 0 Å². The van der Waals surface area contributed by atoms with Crippen molar-refractivity contribution in [3.05, 3.63) is 33.1 Å². The average Bonchev–Trinajstić information content (AvgIpc) is 2.42. The van der Waals surface area contributed by atoms with Crippen LogP contribution in [0.3, 0.4) is 0 Å². The van der Waals surface area contributed by atoms with Gasteiger partial charge >= 0.3 is 0 Å². The molecule has 1 aromatic heterocycles. The van der Waals surface area contributed by atoms with Crippen molar-refractivity contribution >= 4 is 50.9 Å². The third-order valence-corrected chi connectivity index (χ3v) is 3.56. The maximum Gasteiger partial charge on any atom is 0.161 e. The normalized spacial score (nSPS) is 10.6. The number of hydrogen-bond donors (Lipinski definition) is 0. The number of aldehydes is 1. The molecule has 4 heteroatoms. The number of carbonyl (C=O) groups is 1. The molecule has 0 aliphatic heterocycles. The number of carbonyl (C=O) groups excluding carboxylic acids is 1. The van der Waals surface area contributed by atoms with Crippen molar-refractivity contribution in [3.8, 4) is 0 Å². The minimum absolute atomic E-state index is 0.520. The Kier molecular flexibility index (Phi) is 2.28.